The fraction of sp³-hybridized carbons (Fsp3) is 0.385. The number of carboxylic acid groups (broad SMARTS) is 1. The molecule has 0 heterocycles. The molecule has 0 aliphatic heterocycles. The van der Waals surface area contributed by atoms with E-state index in [9.17, 15) is 9.59 Å². The smallest absolute Gasteiger partial charge is 0.319 e. The number of halogens is 1. The molecule has 3 N–H and O–H groups in total. The van der Waals surface area contributed by atoms with Gasteiger partial charge in [0.05, 0.1) is 0 Å². The average molecular weight is 329 g/mol. The van der Waals surface area contributed by atoms with E-state index in [0.717, 1.165) is 15.7 Å². The van der Waals surface area contributed by atoms with Crippen LogP contribution in [-0.2, 0) is 4.79 Å². The van der Waals surface area contributed by atoms with E-state index in [1.165, 1.54) is 0 Å². The molecule has 0 saturated heterocycles. The summed E-state index contributed by atoms with van der Waals surface area (Å²) in [5.41, 5.74) is 1.68. The number of anilines is 1. The third kappa shape index (κ3) is 5.74. The third-order valence-electron chi connectivity index (χ3n) is 2.58. The van der Waals surface area contributed by atoms with Crippen molar-refractivity contribution in [2.45, 2.75) is 20.3 Å². The van der Waals surface area contributed by atoms with Crippen LogP contribution in [0.3, 0.4) is 0 Å². The van der Waals surface area contributed by atoms with Crippen LogP contribution >= 0.6 is 15.9 Å². The number of carboxylic acids is 1. The van der Waals surface area contributed by atoms with Crippen LogP contribution in [0.5, 0.6) is 0 Å². The Bertz CT molecular complexity index is 477. The van der Waals surface area contributed by atoms with Crippen molar-refractivity contribution in [3.8, 4) is 0 Å². The second kappa shape index (κ2) is 7.13. The molecular formula is C13H17BrN2O3. The lowest BCUT2D eigenvalue weighted by Crippen LogP contribution is -2.33. The molecular weight excluding hydrogens is 312 g/mol. The number of aryl methyl sites for hydroxylation is 1. The normalized spacial score (nSPS) is 11.7. The largest absolute Gasteiger partial charge is 0.481 e. The number of carbonyl (C=O) groups is 2. The molecule has 0 aromatic heterocycles. The molecule has 6 heteroatoms. The maximum absolute atomic E-state index is 11.7. The van der Waals surface area contributed by atoms with Crippen molar-refractivity contribution in [1.29, 1.82) is 0 Å². The summed E-state index contributed by atoms with van der Waals surface area (Å²) < 4.78 is 0.882. The minimum Gasteiger partial charge on any atom is -0.481 e. The van der Waals surface area contributed by atoms with Gasteiger partial charge in [0, 0.05) is 23.1 Å². The van der Waals surface area contributed by atoms with Crippen molar-refractivity contribution >= 4 is 33.6 Å². The van der Waals surface area contributed by atoms with Crippen molar-refractivity contribution in [3.05, 3.63) is 28.2 Å². The zero-order valence-corrected chi connectivity index (χ0v) is 12.5. The Kier molecular flexibility index (Phi) is 5.82. The van der Waals surface area contributed by atoms with Crippen molar-refractivity contribution in [2.75, 3.05) is 11.9 Å². The lowest BCUT2D eigenvalue weighted by Gasteiger charge is -2.13. The van der Waals surface area contributed by atoms with Crippen molar-refractivity contribution < 1.29 is 14.7 Å². The van der Waals surface area contributed by atoms with Crippen molar-refractivity contribution in [2.24, 2.45) is 5.92 Å². The fourth-order valence-electron chi connectivity index (χ4n) is 1.53. The van der Waals surface area contributed by atoms with E-state index < -0.39 is 5.97 Å². The van der Waals surface area contributed by atoms with E-state index in [4.69, 9.17) is 5.11 Å². The Morgan fingerprint density at radius 2 is 2.11 bits per heavy atom. The third-order valence-corrected chi connectivity index (χ3v) is 3.08. The summed E-state index contributed by atoms with van der Waals surface area (Å²) in [6, 6.07) is 5.27. The van der Waals surface area contributed by atoms with Gasteiger partial charge in [-0.3, -0.25) is 4.79 Å². The first-order chi connectivity index (χ1) is 8.88. The highest BCUT2D eigenvalue weighted by molar-refractivity contribution is 9.10. The lowest BCUT2D eigenvalue weighted by atomic mass is 10.1. The predicted molar refractivity (Wildman–Crippen MR) is 77.3 cm³/mol. The predicted octanol–water partition coefficient (Wildman–Crippen LogP) is 2.99. The van der Waals surface area contributed by atoms with Gasteiger partial charge in [-0.1, -0.05) is 28.9 Å². The Morgan fingerprint density at radius 3 is 2.74 bits per heavy atom. The van der Waals surface area contributed by atoms with Gasteiger partial charge in [0.2, 0.25) is 0 Å². The molecule has 1 atom stereocenters. The molecule has 0 aliphatic carbocycles. The highest BCUT2D eigenvalue weighted by Crippen LogP contribution is 2.20. The van der Waals surface area contributed by atoms with Crippen LogP contribution in [0.1, 0.15) is 18.9 Å². The molecule has 1 rings (SSSR count). The van der Waals surface area contributed by atoms with Gasteiger partial charge in [-0.2, -0.15) is 0 Å². The van der Waals surface area contributed by atoms with Gasteiger partial charge < -0.3 is 15.7 Å². The van der Waals surface area contributed by atoms with Crippen LogP contribution in [0.2, 0.25) is 0 Å². The van der Waals surface area contributed by atoms with Crippen LogP contribution < -0.4 is 10.6 Å². The highest BCUT2D eigenvalue weighted by Gasteiger charge is 2.10. The van der Waals surface area contributed by atoms with Crippen LogP contribution in [-0.4, -0.2) is 23.7 Å². The Hall–Kier alpha value is -1.56. The number of rotatable bonds is 5. The zero-order valence-electron chi connectivity index (χ0n) is 10.9. The van der Waals surface area contributed by atoms with Crippen LogP contribution in [0.4, 0.5) is 10.5 Å². The van der Waals surface area contributed by atoms with Gasteiger partial charge in [0.1, 0.15) is 0 Å². The quantitative estimate of drug-likeness (QED) is 0.777. The van der Waals surface area contributed by atoms with E-state index in [2.05, 4.69) is 26.6 Å². The monoisotopic (exact) mass is 328 g/mol. The molecule has 5 nitrogen and oxygen atoms in total. The molecule has 0 bridgehead atoms. The SMILES string of the molecule is Cc1ccc(Br)cc1NC(=O)NCC(C)CC(=O)O. The van der Waals surface area contributed by atoms with Crippen LogP contribution in [0.25, 0.3) is 0 Å². The number of hydrogen-bond acceptors (Lipinski definition) is 2. The maximum atomic E-state index is 11.7. The van der Waals surface area contributed by atoms with Gasteiger partial charge >= 0.3 is 12.0 Å². The summed E-state index contributed by atoms with van der Waals surface area (Å²) in [5.74, 6) is -0.968. The Morgan fingerprint density at radius 1 is 1.42 bits per heavy atom. The van der Waals surface area contributed by atoms with E-state index in [0.29, 0.717) is 6.54 Å². The first kappa shape index (κ1) is 15.5. The molecule has 0 fully saturated rings. The maximum Gasteiger partial charge on any atom is 0.319 e. The van der Waals surface area contributed by atoms with Crippen LogP contribution in [0, 0.1) is 12.8 Å². The highest BCUT2D eigenvalue weighted by atomic mass is 79.9. The molecule has 0 radical (unpaired) electrons. The van der Waals surface area contributed by atoms with Crippen molar-refractivity contribution in [3.63, 3.8) is 0 Å². The first-order valence-corrected chi connectivity index (χ1v) is 6.70. The molecule has 1 unspecified atom stereocenters. The summed E-state index contributed by atoms with van der Waals surface area (Å²) in [6.07, 6.45) is 0.0379. The minimum atomic E-state index is -0.863. The van der Waals surface area contributed by atoms with E-state index >= 15 is 0 Å². The number of aliphatic carboxylic acids is 1. The van der Waals surface area contributed by atoms with Crippen LogP contribution in [0.15, 0.2) is 22.7 Å². The second-order valence-corrected chi connectivity index (χ2v) is 5.41. The molecule has 0 spiro atoms. The topological polar surface area (TPSA) is 78.4 Å². The number of amides is 2. The molecule has 19 heavy (non-hydrogen) atoms. The summed E-state index contributed by atoms with van der Waals surface area (Å²) in [6.45, 7) is 4.00. The average Bonchev–Trinajstić information content (AvgIpc) is 2.30. The van der Waals surface area contributed by atoms with Gasteiger partial charge in [-0.25, -0.2) is 4.79 Å². The van der Waals surface area contributed by atoms with Gasteiger partial charge in [0.15, 0.2) is 0 Å². The zero-order chi connectivity index (χ0) is 14.4. The molecule has 1 aromatic rings. The Labute approximate surface area is 120 Å². The number of hydrogen-bond donors (Lipinski definition) is 3. The van der Waals surface area contributed by atoms with Gasteiger partial charge in [0.25, 0.3) is 0 Å². The molecule has 2 amide bonds. The summed E-state index contributed by atoms with van der Waals surface area (Å²) in [5, 5.41) is 14.0. The summed E-state index contributed by atoms with van der Waals surface area (Å²) >= 11 is 3.34. The number of nitrogens with one attached hydrogen (secondary N) is 2. The number of benzene rings is 1. The van der Waals surface area contributed by atoms with Gasteiger partial charge in [-0.05, 0) is 30.5 Å². The van der Waals surface area contributed by atoms with E-state index in [1.54, 1.807) is 6.92 Å². The van der Waals surface area contributed by atoms with E-state index in [-0.39, 0.29) is 18.4 Å². The minimum absolute atomic E-state index is 0.0379. The molecule has 104 valence electrons. The lowest BCUT2D eigenvalue weighted by molar-refractivity contribution is -0.137. The van der Waals surface area contributed by atoms with Crippen molar-refractivity contribution in [1.82, 2.24) is 5.32 Å². The molecule has 1 aromatic carbocycles. The second-order valence-electron chi connectivity index (χ2n) is 4.50. The molecule has 0 aliphatic rings. The Balaban J connectivity index is 2.47. The fourth-order valence-corrected chi connectivity index (χ4v) is 1.89. The van der Waals surface area contributed by atoms with E-state index in [1.807, 2.05) is 25.1 Å². The molecule has 0 saturated carbocycles. The number of carbonyl (C=O) groups excluding carboxylic acids is 1. The first-order valence-electron chi connectivity index (χ1n) is 5.91. The number of urea groups is 1. The summed E-state index contributed by atoms with van der Waals surface area (Å²) in [7, 11) is 0. The standard InChI is InChI=1S/C13H17BrN2O3/c1-8(5-12(17)18)7-15-13(19)16-11-6-10(14)4-3-9(11)2/h3-4,6,8H,5,7H2,1-2H3,(H,17,18)(H2,15,16,19). The van der Waals surface area contributed by atoms with Gasteiger partial charge in [-0.15, -0.1) is 0 Å². The summed E-state index contributed by atoms with van der Waals surface area (Å²) in [4.78, 5) is 22.2.